The van der Waals surface area contributed by atoms with Crippen molar-refractivity contribution < 1.29 is 19.0 Å². The minimum atomic E-state index is -0.391. The zero-order valence-corrected chi connectivity index (χ0v) is 25.5. The summed E-state index contributed by atoms with van der Waals surface area (Å²) in [6.07, 6.45) is 17.2. The molecule has 0 fully saturated rings. The highest BCUT2D eigenvalue weighted by Gasteiger charge is 2.13. The molecule has 0 aliphatic rings. The maximum atomic E-state index is 12.9. The number of esters is 1. The van der Waals surface area contributed by atoms with Crippen molar-refractivity contribution in [2.75, 3.05) is 13.7 Å². The van der Waals surface area contributed by atoms with Crippen LogP contribution < -0.4 is 9.47 Å². The third-order valence-corrected chi connectivity index (χ3v) is 7.74. The monoisotopic (exact) mass is 558 g/mol. The lowest BCUT2D eigenvalue weighted by molar-refractivity contribution is 0.0728. The van der Waals surface area contributed by atoms with Crippen LogP contribution in [0.5, 0.6) is 11.5 Å². The minimum Gasteiger partial charge on any atom is -0.490 e. The van der Waals surface area contributed by atoms with Gasteiger partial charge in [-0.1, -0.05) is 133 Å². The van der Waals surface area contributed by atoms with Gasteiger partial charge >= 0.3 is 5.97 Å². The summed E-state index contributed by atoms with van der Waals surface area (Å²) in [5.74, 6) is 0.679. The van der Waals surface area contributed by atoms with Gasteiger partial charge in [0.05, 0.1) is 18.3 Å². The van der Waals surface area contributed by atoms with Crippen LogP contribution >= 0.6 is 0 Å². The van der Waals surface area contributed by atoms with E-state index >= 15 is 0 Å². The fraction of sp³-hybridized carbons (Fsp3) is 0.486. The van der Waals surface area contributed by atoms with E-state index in [4.69, 9.17) is 14.2 Å². The van der Waals surface area contributed by atoms with Gasteiger partial charge in [-0.3, -0.25) is 0 Å². The zero-order chi connectivity index (χ0) is 29.1. The van der Waals surface area contributed by atoms with Crippen LogP contribution in [0.2, 0.25) is 0 Å². The Bertz CT molecular complexity index is 1120. The van der Waals surface area contributed by atoms with Gasteiger partial charge in [-0.25, -0.2) is 4.79 Å². The van der Waals surface area contributed by atoms with E-state index in [1.165, 1.54) is 77.0 Å². The minimum absolute atomic E-state index is 0.0578. The maximum Gasteiger partial charge on any atom is 0.343 e. The van der Waals surface area contributed by atoms with Crippen molar-refractivity contribution in [2.24, 2.45) is 0 Å². The second kappa shape index (κ2) is 19.1. The van der Waals surface area contributed by atoms with E-state index in [1.54, 1.807) is 25.3 Å². The van der Waals surface area contributed by atoms with Crippen molar-refractivity contribution in [3.05, 3.63) is 83.9 Å². The molecule has 0 aliphatic heterocycles. The van der Waals surface area contributed by atoms with Gasteiger partial charge in [0.15, 0.2) is 11.5 Å². The van der Waals surface area contributed by atoms with E-state index in [1.807, 2.05) is 37.3 Å². The van der Waals surface area contributed by atoms with Crippen molar-refractivity contribution in [3.8, 4) is 22.6 Å². The van der Waals surface area contributed by atoms with Crippen LogP contribution in [0.25, 0.3) is 11.1 Å². The summed E-state index contributed by atoms with van der Waals surface area (Å²) < 4.78 is 17.1. The molecule has 0 amide bonds. The average Bonchev–Trinajstić information content (AvgIpc) is 3.01. The molecule has 4 heteroatoms. The first-order chi connectivity index (χ1) is 20.1. The second-order valence-corrected chi connectivity index (χ2v) is 11.0. The number of carbonyl (C=O) groups excluding carboxylic acids is 1. The molecular formula is C37H50O4. The summed E-state index contributed by atoms with van der Waals surface area (Å²) >= 11 is 0. The Kier molecular flexibility index (Phi) is 15.1. The molecule has 0 heterocycles. The molecule has 41 heavy (non-hydrogen) atoms. The fourth-order valence-electron chi connectivity index (χ4n) is 5.00. The summed E-state index contributed by atoms with van der Waals surface area (Å²) in [4.78, 5) is 12.9. The molecular weight excluding hydrogens is 508 g/mol. The van der Waals surface area contributed by atoms with Crippen molar-refractivity contribution in [1.29, 1.82) is 0 Å². The lowest BCUT2D eigenvalue weighted by Crippen LogP contribution is -2.09. The molecule has 0 aromatic heterocycles. The van der Waals surface area contributed by atoms with E-state index in [0.717, 1.165) is 23.1 Å². The maximum absolute atomic E-state index is 12.9. The van der Waals surface area contributed by atoms with Gasteiger partial charge in [-0.2, -0.15) is 0 Å². The lowest BCUT2D eigenvalue weighted by Gasteiger charge is -2.12. The first-order valence-electron chi connectivity index (χ1n) is 15.8. The SMILES string of the molecule is CCCCCCCCCCCCCCCOc1ccccc1OC(=O)c1ccc(-c2ccc(C(C)OC)cc2)cc1. The molecule has 4 nitrogen and oxygen atoms in total. The molecule has 3 aromatic rings. The molecule has 0 saturated heterocycles. The molecule has 0 N–H and O–H groups in total. The molecule has 3 aromatic carbocycles. The Labute approximate surface area is 248 Å². The molecule has 0 saturated carbocycles. The Morgan fingerprint density at radius 1 is 0.634 bits per heavy atom. The van der Waals surface area contributed by atoms with Gasteiger partial charge in [-0.15, -0.1) is 0 Å². The molecule has 0 radical (unpaired) electrons. The van der Waals surface area contributed by atoms with Crippen molar-refractivity contribution >= 4 is 5.97 Å². The van der Waals surface area contributed by atoms with Crippen LogP contribution in [0.1, 0.15) is 119 Å². The highest BCUT2D eigenvalue weighted by molar-refractivity contribution is 5.92. The summed E-state index contributed by atoms with van der Waals surface area (Å²) in [5.41, 5.74) is 3.76. The summed E-state index contributed by atoms with van der Waals surface area (Å²) in [6, 6.07) is 23.2. The van der Waals surface area contributed by atoms with Crippen LogP contribution in [0, 0.1) is 0 Å². The van der Waals surface area contributed by atoms with Gasteiger partial charge in [0.2, 0.25) is 0 Å². The van der Waals surface area contributed by atoms with Crippen molar-refractivity contribution in [1.82, 2.24) is 0 Å². The summed E-state index contributed by atoms with van der Waals surface area (Å²) in [7, 11) is 1.71. The van der Waals surface area contributed by atoms with Gasteiger partial charge in [0.25, 0.3) is 0 Å². The van der Waals surface area contributed by atoms with E-state index < -0.39 is 5.97 Å². The molecule has 0 spiro atoms. The smallest absolute Gasteiger partial charge is 0.343 e. The average molecular weight is 559 g/mol. The number of carbonyl (C=O) groups is 1. The first kappa shape index (κ1) is 32.4. The topological polar surface area (TPSA) is 44.8 Å². The molecule has 0 aliphatic carbocycles. The number of hydrogen-bond donors (Lipinski definition) is 0. The molecule has 0 bridgehead atoms. The van der Waals surface area contributed by atoms with Crippen LogP contribution in [0.15, 0.2) is 72.8 Å². The number of ether oxygens (including phenoxy) is 3. The number of para-hydroxylation sites is 2. The molecule has 222 valence electrons. The molecule has 1 atom stereocenters. The van der Waals surface area contributed by atoms with Crippen LogP contribution in [0.4, 0.5) is 0 Å². The van der Waals surface area contributed by atoms with Gasteiger partial charge < -0.3 is 14.2 Å². The number of unbranched alkanes of at least 4 members (excludes halogenated alkanes) is 12. The van der Waals surface area contributed by atoms with Crippen molar-refractivity contribution in [3.63, 3.8) is 0 Å². The summed E-state index contributed by atoms with van der Waals surface area (Å²) in [6.45, 7) is 4.93. The van der Waals surface area contributed by atoms with Crippen LogP contribution in [-0.4, -0.2) is 19.7 Å². The molecule has 1 unspecified atom stereocenters. The quantitative estimate of drug-likeness (QED) is 0.0786. The Morgan fingerprint density at radius 3 is 1.66 bits per heavy atom. The highest BCUT2D eigenvalue weighted by Crippen LogP contribution is 2.28. The molecule has 3 rings (SSSR count). The third-order valence-electron chi connectivity index (χ3n) is 7.74. The Hall–Kier alpha value is -3.11. The zero-order valence-electron chi connectivity index (χ0n) is 25.5. The van der Waals surface area contributed by atoms with E-state index in [-0.39, 0.29) is 6.10 Å². The number of rotatable bonds is 20. The fourth-order valence-corrected chi connectivity index (χ4v) is 5.00. The largest absolute Gasteiger partial charge is 0.490 e. The number of hydrogen-bond acceptors (Lipinski definition) is 4. The standard InChI is InChI=1S/C37H50O4/c1-4-5-6-7-8-9-10-11-12-13-14-15-18-29-40-35-19-16-17-20-36(35)41-37(38)34-27-25-33(26-28-34)32-23-21-31(22-24-32)30(2)39-3/h16-17,19-28,30H,4-15,18,29H2,1-3H3. The van der Waals surface area contributed by atoms with Gasteiger partial charge in [0, 0.05) is 7.11 Å². The van der Waals surface area contributed by atoms with Crippen LogP contribution in [0.3, 0.4) is 0 Å². The number of benzene rings is 3. The third kappa shape index (κ3) is 11.7. The highest BCUT2D eigenvalue weighted by atomic mass is 16.6. The van der Waals surface area contributed by atoms with E-state index in [9.17, 15) is 4.79 Å². The van der Waals surface area contributed by atoms with E-state index in [0.29, 0.717) is 23.7 Å². The lowest BCUT2D eigenvalue weighted by atomic mass is 10.0. The van der Waals surface area contributed by atoms with Gasteiger partial charge in [-0.05, 0) is 54.3 Å². The van der Waals surface area contributed by atoms with Gasteiger partial charge in [0.1, 0.15) is 0 Å². The Morgan fingerprint density at radius 2 is 1.12 bits per heavy atom. The predicted octanol–water partition coefficient (Wildman–Crippen LogP) is 10.8. The second-order valence-electron chi connectivity index (χ2n) is 11.0. The number of methoxy groups -OCH3 is 1. The summed E-state index contributed by atoms with van der Waals surface area (Å²) in [5, 5.41) is 0. The van der Waals surface area contributed by atoms with E-state index in [2.05, 4.69) is 31.2 Å². The van der Waals surface area contributed by atoms with Crippen molar-refractivity contribution in [2.45, 2.75) is 103 Å². The Balaban J connectivity index is 1.36. The predicted molar refractivity (Wildman–Crippen MR) is 170 cm³/mol. The first-order valence-corrected chi connectivity index (χ1v) is 15.8. The normalized spacial score (nSPS) is 11.8. The van der Waals surface area contributed by atoms with Crippen LogP contribution in [-0.2, 0) is 4.74 Å².